The third-order valence-electron chi connectivity index (χ3n) is 4.38. The number of hydrogen-bond donors (Lipinski definition) is 1. The molecule has 5 heteroatoms. The first-order chi connectivity index (χ1) is 11.9. The molecule has 2 aromatic rings. The molecule has 1 N–H and O–H groups in total. The van der Waals surface area contributed by atoms with E-state index in [-0.39, 0.29) is 23.7 Å². The molecule has 0 saturated carbocycles. The van der Waals surface area contributed by atoms with Gasteiger partial charge in [0.25, 0.3) is 0 Å². The molecule has 2 atom stereocenters. The lowest BCUT2D eigenvalue weighted by Gasteiger charge is -2.36. The third kappa shape index (κ3) is 4.30. The first-order valence-corrected chi connectivity index (χ1v) is 10.3. The maximum atomic E-state index is 11.5. The maximum Gasteiger partial charge on any atom is 0.407 e. The zero-order valence-corrected chi connectivity index (χ0v) is 16.1. The highest BCUT2D eigenvalue weighted by Gasteiger charge is 2.41. The van der Waals surface area contributed by atoms with E-state index in [1.54, 1.807) is 0 Å². The average Bonchev–Trinajstić information content (AvgIpc) is 3.02. The molecule has 25 heavy (non-hydrogen) atoms. The van der Waals surface area contributed by atoms with Crippen LogP contribution in [0.4, 0.5) is 4.79 Å². The molecule has 1 unspecified atom stereocenters. The topological polar surface area (TPSA) is 47.6 Å². The van der Waals surface area contributed by atoms with Crippen molar-refractivity contribution in [2.24, 2.45) is 5.41 Å². The highest BCUT2D eigenvalue weighted by Crippen LogP contribution is 2.28. The van der Waals surface area contributed by atoms with Crippen LogP contribution in [0, 0.1) is 5.41 Å². The SMILES string of the molecule is CC(C)(C)C(O[SiH](c1ccccc1)c1ccccc1)[C@@H]1CNC(=O)O1. The lowest BCUT2D eigenvalue weighted by atomic mass is 9.86. The van der Waals surface area contributed by atoms with E-state index in [1.165, 1.54) is 10.4 Å². The van der Waals surface area contributed by atoms with Gasteiger partial charge in [0, 0.05) is 0 Å². The number of rotatable bonds is 5. The Hall–Kier alpha value is -2.11. The standard InChI is InChI=1S/C20H25NO3Si/c1-20(2,3)18(17-14-21-19(22)23-17)24-25(15-10-6-4-7-11-15)16-12-8-5-9-13-16/h4-13,17-18,25H,14H2,1-3H3,(H,21,22)/t17-,18?/m0/s1. The summed E-state index contributed by atoms with van der Waals surface area (Å²) in [4.78, 5) is 11.5. The number of hydrogen-bond acceptors (Lipinski definition) is 3. The van der Waals surface area contributed by atoms with Crippen LogP contribution in [0.15, 0.2) is 60.7 Å². The summed E-state index contributed by atoms with van der Waals surface area (Å²) in [7, 11) is -1.90. The zero-order chi connectivity index (χ0) is 17.9. The van der Waals surface area contributed by atoms with Gasteiger partial charge in [0.15, 0.2) is 0 Å². The van der Waals surface area contributed by atoms with Crippen molar-refractivity contribution in [2.75, 3.05) is 6.54 Å². The van der Waals surface area contributed by atoms with E-state index < -0.39 is 9.04 Å². The van der Waals surface area contributed by atoms with Crippen LogP contribution < -0.4 is 15.7 Å². The first-order valence-electron chi connectivity index (χ1n) is 8.65. The van der Waals surface area contributed by atoms with Crippen molar-refractivity contribution in [3.8, 4) is 0 Å². The average molecular weight is 356 g/mol. The van der Waals surface area contributed by atoms with E-state index in [2.05, 4.69) is 50.4 Å². The number of carbonyl (C=O) groups is 1. The molecule has 0 aromatic heterocycles. The molecule has 1 aliphatic heterocycles. The molecule has 4 nitrogen and oxygen atoms in total. The second-order valence-corrected chi connectivity index (χ2v) is 9.81. The van der Waals surface area contributed by atoms with Gasteiger partial charge < -0.3 is 14.5 Å². The van der Waals surface area contributed by atoms with E-state index in [0.717, 1.165) is 0 Å². The molecule has 3 rings (SSSR count). The fourth-order valence-corrected chi connectivity index (χ4v) is 5.89. The van der Waals surface area contributed by atoms with Gasteiger partial charge in [0.2, 0.25) is 9.04 Å². The van der Waals surface area contributed by atoms with Gasteiger partial charge in [0.05, 0.1) is 12.6 Å². The van der Waals surface area contributed by atoms with Crippen LogP contribution in [0.3, 0.4) is 0 Å². The molecule has 0 aliphatic carbocycles. The van der Waals surface area contributed by atoms with Gasteiger partial charge in [-0.2, -0.15) is 0 Å². The molecule has 1 fully saturated rings. The summed E-state index contributed by atoms with van der Waals surface area (Å²) in [6, 6.07) is 20.7. The molecule has 0 radical (unpaired) electrons. The highest BCUT2D eigenvalue weighted by molar-refractivity contribution is 6.80. The lowest BCUT2D eigenvalue weighted by Crippen LogP contribution is -2.53. The molecule has 1 saturated heterocycles. The van der Waals surface area contributed by atoms with E-state index in [0.29, 0.717) is 6.54 Å². The van der Waals surface area contributed by atoms with Crippen LogP contribution in [0.2, 0.25) is 0 Å². The van der Waals surface area contributed by atoms with Gasteiger partial charge in [0.1, 0.15) is 6.10 Å². The Morgan fingerprint density at radius 1 is 1.04 bits per heavy atom. The number of cyclic esters (lactones) is 1. The van der Waals surface area contributed by atoms with Crippen LogP contribution in [0.1, 0.15) is 20.8 Å². The summed E-state index contributed by atoms with van der Waals surface area (Å²) in [6.45, 7) is 6.88. The second-order valence-electron chi connectivity index (χ2n) is 7.45. The van der Waals surface area contributed by atoms with Gasteiger partial charge in [-0.3, -0.25) is 0 Å². The Kier molecular flexibility index (Phi) is 5.25. The summed E-state index contributed by atoms with van der Waals surface area (Å²) in [5.74, 6) is 0. The van der Waals surface area contributed by atoms with Crippen LogP contribution >= 0.6 is 0 Å². The number of amides is 1. The van der Waals surface area contributed by atoms with Crippen molar-refractivity contribution in [1.29, 1.82) is 0 Å². The highest BCUT2D eigenvalue weighted by atomic mass is 28.3. The number of nitrogens with one attached hydrogen (secondary N) is 1. The minimum absolute atomic E-state index is 0.147. The predicted octanol–water partition coefficient (Wildman–Crippen LogP) is 2.06. The van der Waals surface area contributed by atoms with Gasteiger partial charge in [-0.25, -0.2) is 4.79 Å². The van der Waals surface area contributed by atoms with Gasteiger partial charge in [-0.1, -0.05) is 81.4 Å². The van der Waals surface area contributed by atoms with Crippen LogP contribution in [-0.4, -0.2) is 33.9 Å². The Labute approximate surface area is 150 Å². The Morgan fingerprint density at radius 3 is 1.96 bits per heavy atom. The van der Waals surface area contributed by atoms with Gasteiger partial charge >= 0.3 is 6.09 Å². The third-order valence-corrected chi connectivity index (χ3v) is 6.93. The van der Waals surface area contributed by atoms with E-state index in [4.69, 9.17) is 9.16 Å². The summed E-state index contributed by atoms with van der Waals surface area (Å²) < 4.78 is 12.2. The summed E-state index contributed by atoms with van der Waals surface area (Å²) in [5, 5.41) is 5.19. The maximum absolute atomic E-state index is 11.5. The second kappa shape index (κ2) is 7.41. The minimum atomic E-state index is -1.90. The van der Waals surface area contributed by atoms with Gasteiger partial charge in [-0.15, -0.1) is 0 Å². The van der Waals surface area contributed by atoms with Crippen LogP contribution in [0.25, 0.3) is 0 Å². The quantitative estimate of drug-likeness (QED) is 0.835. The van der Waals surface area contributed by atoms with Crippen molar-refractivity contribution in [1.82, 2.24) is 5.32 Å². The van der Waals surface area contributed by atoms with Crippen molar-refractivity contribution < 1.29 is 14.0 Å². The predicted molar refractivity (Wildman–Crippen MR) is 102 cm³/mol. The Balaban J connectivity index is 1.93. The summed E-state index contributed by atoms with van der Waals surface area (Å²) >= 11 is 0. The Bertz CT molecular complexity index is 660. The first kappa shape index (κ1) is 17.7. The molecule has 0 spiro atoms. The molecule has 0 bridgehead atoms. The summed E-state index contributed by atoms with van der Waals surface area (Å²) in [6.07, 6.45) is -0.807. The molecule has 1 aliphatic rings. The van der Waals surface area contributed by atoms with Crippen molar-refractivity contribution in [2.45, 2.75) is 33.0 Å². The van der Waals surface area contributed by atoms with E-state index in [9.17, 15) is 4.79 Å². The normalized spacial score (nSPS) is 18.7. The minimum Gasteiger partial charge on any atom is -0.442 e. The molecular formula is C20H25NO3Si. The van der Waals surface area contributed by atoms with Gasteiger partial charge in [-0.05, 0) is 15.8 Å². The largest absolute Gasteiger partial charge is 0.442 e. The Morgan fingerprint density at radius 2 is 1.56 bits per heavy atom. The van der Waals surface area contributed by atoms with Crippen molar-refractivity contribution in [3.05, 3.63) is 60.7 Å². The van der Waals surface area contributed by atoms with Crippen molar-refractivity contribution in [3.63, 3.8) is 0 Å². The monoisotopic (exact) mass is 355 g/mol. The number of alkyl carbamates (subject to hydrolysis) is 1. The zero-order valence-electron chi connectivity index (χ0n) is 14.9. The number of benzene rings is 2. The fraction of sp³-hybridized carbons (Fsp3) is 0.350. The molecule has 1 amide bonds. The van der Waals surface area contributed by atoms with E-state index in [1.807, 2.05) is 36.4 Å². The number of carbonyl (C=O) groups excluding carboxylic acids is 1. The van der Waals surface area contributed by atoms with Crippen LogP contribution in [-0.2, 0) is 9.16 Å². The molecule has 132 valence electrons. The fourth-order valence-electron chi connectivity index (χ4n) is 3.17. The molecule has 1 heterocycles. The van der Waals surface area contributed by atoms with E-state index >= 15 is 0 Å². The smallest absolute Gasteiger partial charge is 0.407 e. The van der Waals surface area contributed by atoms with Crippen molar-refractivity contribution >= 4 is 25.5 Å². The van der Waals surface area contributed by atoms with Crippen LogP contribution in [0.5, 0.6) is 0 Å². The molecular weight excluding hydrogens is 330 g/mol. The lowest BCUT2D eigenvalue weighted by molar-refractivity contribution is -0.0126. The molecule has 2 aromatic carbocycles. The number of ether oxygens (including phenoxy) is 1. The summed E-state index contributed by atoms with van der Waals surface area (Å²) in [5.41, 5.74) is -0.147.